The third-order valence-corrected chi connectivity index (χ3v) is 2.75. The number of hydrogen-bond donors (Lipinski definition) is 2. The predicted molar refractivity (Wildman–Crippen MR) is 66.4 cm³/mol. The Balaban J connectivity index is 2.48. The molecule has 0 saturated carbocycles. The third kappa shape index (κ3) is 2.10. The molecular weight excluding hydrogens is 200 g/mol. The summed E-state index contributed by atoms with van der Waals surface area (Å²) in [7, 11) is 0. The zero-order chi connectivity index (χ0) is 11.5. The molecule has 3 N–H and O–H groups in total. The van der Waals surface area contributed by atoms with Crippen LogP contribution in [-0.2, 0) is 13.0 Å². The van der Waals surface area contributed by atoms with Gasteiger partial charge in [0.05, 0.1) is 6.61 Å². The molecule has 3 heteroatoms. The van der Waals surface area contributed by atoms with Crippen LogP contribution in [0.1, 0.15) is 12.5 Å². The van der Waals surface area contributed by atoms with E-state index in [-0.39, 0.29) is 12.6 Å². The number of fused-ring (bicyclic) bond motifs is 1. The summed E-state index contributed by atoms with van der Waals surface area (Å²) in [6.07, 6.45) is 2.98. The number of hydrogen-bond acceptors (Lipinski definition) is 2. The molecule has 0 aliphatic heterocycles. The minimum atomic E-state index is 0.161. The molecule has 3 nitrogen and oxygen atoms in total. The van der Waals surface area contributed by atoms with E-state index < -0.39 is 0 Å². The number of nitrogens with zero attached hydrogens (tertiary/aromatic N) is 1. The molecule has 0 aliphatic rings. The van der Waals surface area contributed by atoms with Gasteiger partial charge in [0.1, 0.15) is 0 Å². The highest BCUT2D eigenvalue weighted by Crippen LogP contribution is 2.22. The van der Waals surface area contributed by atoms with E-state index in [2.05, 4.69) is 22.9 Å². The van der Waals surface area contributed by atoms with E-state index >= 15 is 0 Å². The minimum Gasteiger partial charge on any atom is -0.395 e. The lowest BCUT2D eigenvalue weighted by Gasteiger charge is -2.02. The second-order valence-electron chi connectivity index (χ2n) is 4.27. The van der Waals surface area contributed by atoms with Gasteiger partial charge in [0.2, 0.25) is 0 Å². The fraction of sp³-hybridized carbons (Fsp3) is 0.385. The molecule has 16 heavy (non-hydrogen) atoms. The van der Waals surface area contributed by atoms with Gasteiger partial charge in [-0.25, -0.2) is 0 Å². The van der Waals surface area contributed by atoms with E-state index in [0.717, 1.165) is 6.42 Å². The summed E-state index contributed by atoms with van der Waals surface area (Å²) in [5.74, 6) is 0. The van der Waals surface area contributed by atoms with E-state index in [1.807, 2.05) is 19.1 Å². The summed E-state index contributed by atoms with van der Waals surface area (Å²) in [4.78, 5) is 0. The number of benzene rings is 1. The average molecular weight is 218 g/mol. The quantitative estimate of drug-likeness (QED) is 0.817. The molecule has 1 aromatic carbocycles. The Bertz CT molecular complexity index is 474. The first kappa shape index (κ1) is 11.2. The number of aliphatic hydroxyl groups excluding tert-OH is 1. The maximum absolute atomic E-state index is 9.02. The molecular formula is C13H18N2O. The van der Waals surface area contributed by atoms with Crippen LogP contribution in [0, 0.1) is 0 Å². The lowest BCUT2D eigenvalue weighted by atomic mass is 10.1. The number of para-hydroxylation sites is 1. The summed E-state index contributed by atoms with van der Waals surface area (Å²) in [5.41, 5.74) is 8.28. The largest absolute Gasteiger partial charge is 0.395 e. The van der Waals surface area contributed by atoms with Crippen molar-refractivity contribution in [3.05, 3.63) is 36.0 Å². The molecule has 86 valence electrons. The first-order valence-electron chi connectivity index (χ1n) is 5.65. The molecule has 0 radical (unpaired) electrons. The Morgan fingerprint density at radius 2 is 2.12 bits per heavy atom. The first-order valence-corrected chi connectivity index (χ1v) is 5.65. The number of rotatable bonds is 4. The van der Waals surface area contributed by atoms with Crippen molar-refractivity contribution in [3.63, 3.8) is 0 Å². The fourth-order valence-corrected chi connectivity index (χ4v) is 2.13. The van der Waals surface area contributed by atoms with Crippen molar-refractivity contribution >= 4 is 10.9 Å². The summed E-state index contributed by atoms with van der Waals surface area (Å²) < 4.78 is 2.09. The summed E-state index contributed by atoms with van der Waals surface area (Å²) >= 11 is 0. The molecule has 1 unspecified atom stereocenters. The van der Waals surface area contributed by atoms with E-state index in [1.165, 1.54) is 16.5 Å². The Hall–Kier alpha value is -1.32. The lowest BCUT2D eigenvalue weighted by molar-refractivity contribution is 0.278. The third-order valence-electron chi connectivity index (χ3n) is 2.75. The van der Waals surface area contributed by atoms with Crippen LogP contribution in [0.5, 0.6) is 0 Å². The van der Waals surface area contributed by atoms with Crippen LogP contribution >= 0.6 is 0 Å². The SMILES string of the molecule is CC(N)Cc1cn(CCO)c2ccccc12. The van der Waals surface area contributed by atoms with Crippen molar-refractivity contribution in [2.45, 2.75) is 25.9 Å². The highest BCUT2D eigenvalue weighted by atomic mass is 16.3. The zero-order valence-corrected chi connectivity index (χ0v) is 9.56. The van der Waals surface area contributed by atoms with Crippen molar-refractivity contribution < 1.29 is 5.11 Å². The van der Waals surface area contributed by atoms with E-state index in [0.29, 0.717) is 6.54 Å². The number of aliphatic hydroxyl groups is 1. The molecule has 0 fully saturated rings. The molecule has 0 amide bonds. The second kappa shape index (κ2) is 4.68. The van der Waals surface area contributed by atoms with Crippen LogP contribution in [0.25, 0.3) is 10.9 Å². The normalized spacial score (nSPS) is 13.2. The van der Waals surface area contributed by atoms with Crippen molar-refractivity contribution in [3.8, 4) is 0 Å². The number of nitrogens with two attached hydrogens (primary N) is 1. The van der Waals surface area contributed by atoms with Crippen LogP contribution in [-0.4, -0.2) is 22.3 Å². The molecule has 1 heterocycles. The van der Waals surface area contributed by atoms with Crippen LogP contribution in [0.3, 0.4) is 0 Å². The Kier molecular flexibility index (Phi) is 3.27. The van der Waals surface area contributed by atoms with Crippen LogP contribution in [0.4, 0.5) is 0 Å². The van der Waals surface area contributed by atoms with Gasteiger partial charge in [0, 0.05) is 29.7 Å². The van der Waals surface area contributed by atoms with Crippen molar-refractivity contribution in [1.29, 1.82) is 0 Å². The minimum absolute atomic E-state index is 0.161. The Morgan fingerprint density at radius 3 is 2.81 bits per heavy atom. The van der Waals surface area contributed by atoms with Crippen LogP contribution in [0.15, 0.2) is 30.5 Å². The maximum Gasteiger partial charge on any atom is 0.0610 e. The van der Waals surface area contributed by atoms with Gasteiger partial charge in [-0.2, -0.15) is 0 Å². The van der Waals surface area contributed by atoms with Crippen molar-refractivity contribution in [1.82, 2.24) is 4.57 Å². The molecule has 1 aromatic heterocycles. The molecule has 2 aromatic rings. The summed E-state index contributed by atoms with van der Waals surface area (Å²) in [5, 5.41) is 10.3. The van der Waals surface area contributed by atoms with Gasteiger partial charge in [0.25, 0.3) is 0 Å². The first-order chi connectivity index (χ1) is 7.72. The molecule has 0 aliphatic carbocycles. The van der Waals surface area contributed by atoms with Gasteiger partial charge in [0.15, 0.2) is 0 Å². The highest BCUT2D eigenvalue weighted by Gasteiger charge is 2.08. The summed E-state index contributed by atoms with van der Waals surface area (Å²) in [6, 6.07) is 8.41. The topological polar surface area (TPSA) is 51.2 Å². The molecule has 0 bridgehead atoms. The fourth-order valence-electron chi connectivity index (χ4n) is 2.13. The Morgan fingerprint density at radius 1 is 1.38 bits per heavy atom. The molecule has 0 spiro atoms. The highest BCUT2D eigenvalue weighted by molar-refractivity contribution is 5.84. The van der Waals surface area contributed by atoms with Crippen LogP contribution < -0.4 is 5.73 Å². The smallest absolute Gasteiger partial charge is 0.0610 e. The Labute approximate surface area is 95.5 Å². The van der Waals surface area contributed by atoms with Gasteiger partial charge in [-0.15, -0.1) is 0 Å². The predicted octanol–water partition coefficient (Wildman–Crippen LogP) is 1.52. The zero-order valence-electron chi connectivity index (χ0n) is 9.56. The average Bonchev–Trinajstić information content (AvgIpc) is 2.58. The van der Waals surface area contributed by atoms with Gasteiger partial charge >= 0.3 is 0 Å². The van der Waals surface area contributed by atoms with E-state index in [9.17, 15) is 0 Å². The number of aromatic nitrogens is 1. The van der Waals surface area contributed by atoms with Crippen molar-refractivity contribution in [2.24, 2.45) is 5.73 Å². The standard InChI is InChI=1S/C13H18N2O/c1-10(14)8-11-9-15(6-7-16)13-5-3-2-4-12(11)13/h2-5,9-10,16H,6-8,14H2,1H3. The second-order valence-corrected chi connectivity index (χ2v) is 4.27. The molecule has 1 atom stereocenters. The van der Waals surface area contributed by atoms with Crippen molar-refractivity contribution in [2.75, 3.05) is 6.61 Å². The summed E-state index contributed by atoms with van der Waals surface area (Å²) in [6.45, 7) is 2.81. The van der Waals surface area contributed by atoms with Gasteiger partial charge in [-0.3, -0.25) is 0 Å². The van der Waals surface area contributed by atoms with E-state index in [1.54, 1.807) is 0 Å². The maximum atomic E-state index is 9.02. The lowest BCUT2D eigenvalue weighted by Crippen LogP contribution is -2.17. The van der Waals surface area contributed by atoms with Gasteiger partial charge < -0.3 is 15.4 Å². The van der Waals surface area contributed by atoms with Gasteiger partial charge in [-0.1, -0.05) is 18.2 Å². The van der Waals surface area contributed by atoms with E-state index in [4.69, 9.17) is 10.8 Å². The van der Waals surface area contributed by atoms with Crippen LogP contribution in [0.2, 0.25) is 0 Å². The molecule has 0 saturated heterocycles. The molecule has 2 rings (SSSR count). The monoisotopic (exact) mass is 218 g/mol. The van der Waals surface area contributed by atoms with Gasteiger partial charge in [-0.05, 0) is 25.0 Å².